The van der Waals surface area contributed by atoms with Crippen LogP contribution >= 0.6 is 0 Å². The third-order valence-corrected chi connectivity index (χ3v) is 3.58. The Morgan fingerprint density at radius 2 is 2.08 bits per heavy atom. The molecule has 0 radical (unpaired) electrons. The van der Waals surface area contributed by atoms with Gasteiger partial charge in [-0.25, -0.2) is 0 Å². The van der Waals surface area contributed by atoms with Crippen LogP contribution in [-0.4, -0.2) is 6.04 Å². The lowest BCUT2D eigenvalue weighted by atomic mass is 9.65. The highest BCUT2D eigenvalue weighted by Crippen LogP contribution is 2.42. The van der Waals surface area contributed by atoms with Crippen LogP contribution in [0.5, 0.6) is 0 Å². The van der Waals surface area contributed by atoms with Crippen LogP contribution in [-0.2, 0) is 0 Å². The molecule has 0 amide bonds. The summed E-state index contributed by atoms with van der Waals surface area (Å²) in [6.45, 7) is 6.97. The molecule has 12 heavy (non-hydrogen) atoms. The lowest BCUT2D eigenvalue weighted by Crippen LogP contribution is -2.41. The van der Waals surface area contributed by atoms with Crippen LogP contribution in [0.1, 0.15) is 52.9 Å². The molecule has 1 nitrogen and oxygen atoms in total. The van der Waals surface area contributed by atoms with Crippen LogP contribution < -0.4 is 5.73 Å². The first-order valence-corrected chi connectivity index (χ1v) is 5.33. The van der Waals surface area contributed by atoms with E-state index in [9.17, 15) is 0 Å². The fourth-order valence-corrected chi connectivity index (χ4v) is 2.60. The molecule has 0 aliphatic heterocycles. The third-order valence-electron chi connectivity index (χ3n) is 3.58. The molecule has 2 atom stereocenters. The highest BCUT2D eigenvalue weighted by Gasteiger charge is 2.34. The molecule has 0 spiro atoms. The number of hydrogen-bond donors (Lipinski definition) is 1. The molecule has 2 unspecified atom stereocenters. The van der Waals surface area contributed by atoms with Gasteiger partial charge < -0.3 is 5.73 Å². The Labute approximate surface area is 76.7 Å². The first-order chi connectivity index (χ1) is 5.58. The first kappa shape index (κ1) is 10.0. The van der Waals surface area contributed by atoms with E-state index in [1.165, 1.54) is 25.7 Å². The second kappa shape index (κ2) is 3.78. The first-order valence-electron chi connectivity index (χ1n) is 5.33. The van der Waals surface area contributed by atoms with Crippen molar-refractivity contribution in [3.63, 3.8) is 0 Å². The summed E-state index contributed by atoms with van der Waals surface area (Å²) in [6.07, 6.45) is 6.64. The minimum atomic E-state index is 0.431. The van der Waals surface area contributed by atoms with Gasteiger partial charge in [0.25, 0.3) is 0 Å². The van der Waals surface area contributed by atoms with Gasteiger partial charge in [-0.3, -0.25) is 0 Å². The monoisotopic (exact) mass is 169 g/mol. The molecule has 72 valence electrons. The zero-order valence-electron chi connectivity index (χ0n) is 8.77. The largest absolute Gasteiger partial charge is 0.327 e. The Kier molecular flexibility index (Phi) is 3.16. The average Bonchev–Trinajstić information content (AvgIpc) is 2.02. The van der Waals surface area contributed by atoms with Crippen LogP contribution in [0.15, 0.2) is 0 Å². The Bertz CT molecular complexity index is 140. The maximum Gasteiger partial charge on any atom is 0.00696 e. The number of nitrogens with two attached hydrogens (primary N) is 1. The molecule has 1 saturated carbocycles. The predicted molar refractivity (Wildman–Crippen MR) is 54.0 cm³/mol. The molecule has 0 heterocycles. The van der Waals surface area contributed by atoms with Gasteiger partial charge in [0.05, 0.1) is 0 Å². The lowest BCUT2D eigenvalue weighted by molar-refractivity contribution is 0.111. The van der Waals surface area contributed by atoms with E-state index in [4.69, 9.17) is 5.73 Å². The van der Waals surface area contributed by atoms with Crippen molar-refractivity contribution in [3.8, 4) is 0 Å². The van der Waals surface area contributed by atoms with E-state index in [0.717, 1.165) is 12.3 Å². The summed E-state index contributed by atoms with van der Waals surface area (Å²) >= 11 is 0. The van der Waals surface area contributed by atoms with Crippen molar-refractivity contribution in [2.45, 2.75) is 58.9 Å². The van der Waals surface area contributed by atoms with E-state index >= 15 is 0 Å². The van der Waals surface area contributed by atoms with E-state index in [2.05, 4.69) is 20.8 Å². The molecule has 0 aromatic heterocycles. The van der Waals surface area contributed by atoms with Crippen molar-refractivity contribution in [2.24, 2.45) is 17.1 Å². The van der Waals surface area contributed by atoms with Crippen LogP contribution in [0.4, 0.5) is 0 Å². The van der Waals surface area contributed by atoms with E-state index in [0.29, 0.717) is 11.5 Å². The second-order valence-corrected chi connectivity index (χ2v) is 4.91. The maximum atomic E-state index is 6.12. The van der Waals surface area contributed by atoms with Gasteiger partial charge in [-0.1, -0.05) is 33.6 Å². The van der Waals surface area contributed by atoms with Crippen LogP contribution in [0.3, 0.4) is 0 Å². The fraction of sp³-hybridized carbons (Fsp3) is 1.00. The second-order valence-electron chi connectivity index (χ2n) is 4.91. The molecule has 0 bridgehead atoms. The van der Waals surface area contributed by atoms with Gasteiger partial charge in [-0.05, 0) is 30.6 Å². The maximum absolute atomic E-state index is 6.12. The Balaban J connectivity index is 2.59. The van der Waals surface area contributed by atoms with E-state index < -0.39 is 0 Å². The predicted octanol–water partition coefficient (Wildman–Crippen LogP) is 2.94. The van der Waals surface area contributed by atoms with Crippen molar-refractivity contribution >= 4 is 0 Å². The zero-order chi connectivity index (χ0) is 9.19. The average molecular weight is 169 g/mol. The van der Waals surface area contributed by atoms with Crippen molar-refractivity contribution in [3.05, 3.63) is 0 Å². The highest BCUT2D eigenvalue weighted by atomic mass is 14.7. The van der Waals surface area contributed by atoms with Gasteiger partial charge in [0.1, 0.15) is 0 Å². The fourth-order valence-electron chi connectivity index (χ4n) is 2.60. The summed E-state index contributed by atoms with van der Waals surface area (Å²) < 4.78 is 0. The topological polar surface area (TPSA) is 26.0 Å². The molecule has 1 rings (SSSR count). The summed E-state index contributed by atoms with van der Waals surface area (Å²) in [6, 6.07) is 0.431. The molecule has 0 aromatic carbocycles. The zero-order valence-corrected chi connectivity index (χ0v) is 8.77. The third kappa shape index (κ3) is 2.01. The summed E-state index contributed by atoms with van der Waals surface area (Å²) in [5.41, 5.74) is 6.62. The Morgan fingerprint density at radius 1 is 1.42 bits per heavy atom. The van der Waals surface area contributed by atoms with E-state index in [1.54, 1.807) is 0 Å². The lowest BCUT2D eigenvalue weighted by Gasteiger charge is -2.41. The molecule has 0 aromatic rings. The van der Waals surface area contributed by atoms with Gasteiger partial charge in [0, 0.05) is 6.04 Å². The summed E-state index contributed by atoms with van der Waals surface area (Å²) in [7, 11) is 0. The molecule has 2 N–H and O–H groups in total. The van der Waals surface area contributed by atoms with Crippen molar-refractivity contribution < 1.29 is 0 Å². The minimum Gasteiger partial charge on any atom is -0.327 e. The van der Waals surface area contributed by atoms with Crippen molar-refractivity contribution in [1.29, 1.82) is 0 Å². The summed E-state index contributed by atoms with van der Waals surface area (Å²) in [5, 5.41) is 0. The molecule has 0 saturated heterocycles. The Hall–Kier alpha value is -0.0400. The van der Waals surface area contributed by atoms with Crippen LogP contribution in [0.25, 0.3) is 0 Å². The van der Waals surface area contributed by atoms with E-state index in [-0.39, 0.29) is 0 Å². The minimum absolute atomic E-state index is 0.431. The van der Waals surface area contributed by atoms with Crippen LogP contribution in [0, 0.1) is 11.3 Å². The van der Waals surface area contributed by atoms with Crippen molar-refractivity contribution in [2.75, 3.05) is 0 Å². The van der Waals surface area contributed by atoms with Gasteiger partial charge in [0.2, 0.25) is 0 Å². The van der Waals surface area contributed by atoms with Crippen molar-refractivity contribution in [1.82, 2.24) is 0 Å². The van der Waals surface area contributed by atoms with Gasteiger partial charge in [0.15, 0.2) is 0 Å². The van der Waals surface area contributed by atoms with Gasteiger partial charge in [-0.15, -0.1) is 0 Å². The Morgan fingerprint density at radius 3 is 2.58 bits per heavy atom. The molecular weight excluding hydrogens is 146 g/mol. The normalized spacial score (nSPS) is 31.5. The molecule has 1 heteroatoms. The molecule has 1 fully saturated rings. The van der Waals surface area contributed by atoms with Gasteiger partial charge in [-0.2, -0.15) is 0 Å². The van der Waals surface area contributed by atoms with E-state index in [1.807, 2.05) is 0 Å². The smallest absolute Gasteiger partial charge is 0.00696 e. The number of rotatable bonds is 2. The van der Waals surface area contributed by atoms with Gasteiger partial charge >= 0.3 is 0 Å². The molecule has 1 aliphatic rings. The van der Waals surface area contributed by atoms with Crippen LogP contribution in [0.2, 0.25) is 0 Å². The molecule has 1 aliphatic carbocycles. The SMILES string of the molecule is CCC(N)C1CCCCC1(C)C. The highest BCUT2D eigenvalue weighted by molar-refractivity contribution is 4.88. The standard InChI is InChI=1S/C11H23N/c1-4-10(12)9-7-5-6-8-11(9,2)3/h9-10H,4-8,12H2,1-3H3. The molecular formula is C11H23N. The number of hydrogen-bond acceptors (Lipinski definition) is 1. The quantitative estimate of drug-likeness (QED) is 0.675. The summed E-state index contributed by atoms with van der Waals surface area (Å²) in [5.74, 6) is 0.760. The summed E-state index contributed by atoms with van der Waals surface area (Å²) in [4.78, 5) is 0.